The smallest absolute Gasteiger partial charge is 0.0547 e. The van der Waals surface area contributed by atoms with Crippen molar-refractivity contribution in [1.29, 1.82) is 0 Å². The fourth-order valence-corrected chi connectivity index (χ4v) is 1.33. The predicted octanol–water partition coefficient (Wildman–Crippen LogP) is 1.73. The van der Waals surface area contributed by atoms with Crippen LogP contribution in [0.3, 0.4) is 0 Å². The lowest BCUT2D eigenvalue weighted by molar-refractivity contribution is 0.475. The van der Waals surface area contributed by atoms with Gasteiger partial charge in [-0.1, -0.05) is 13.8 Å². The third-order valence-electron chi connectivity index (χ3n) is 2.13. The fourth-order valence-electron chi connectivity index (χ4n) is 1.33. The molecule has 0 aromatic carbocycles. The molecular weight excluding hydrogens is 162 g/mol. The van der Waals surface area contributed by atoms with Gasteiger partial charge in [0.1, 0.15) is 0 Å². The summed E-state index contributed by atoms with van der Waals surface area (Å²) in [6.07, 6.45) is 1.84. The van der Waals surface area contributed by atoms with E-state index in [1.807, 2.05) is 17.9 Å². The first-order valence-corrected chi connectivity index (χ1v) is 4.82. The van der Waals surface area contributed by atoms with Gasteiger partial charge in [-0.3, -0.25) is 4.68 Å². The van der Waals surface area contributed by atoms with Gasteiger partial charge in [0.15, 0.2) is 0 Å². The number of hydrogen-bond acceptors (Lipinski definition) is 2. The molecule has 0 amide bonds. The summed E-state index contributed by atoms with van der Waals surface area (Å²) in [6.45, 7) is 7.64. The lowest BCUT2D eigenvalue weighted by atomic mass is 10.2. The minimum Gasteiger partial charge on any atom is -0.309 e. The van der Waals surface area contributed by atoms with Crippen LogP contribution in [0.2, 0.25) is 0 Å². The Hall–Kier alpha value is -0.830. The Morgan fingerprint density at radius 2 is 2.15 bits per heavy atom. The molecule has 0 aliphatic rings. The maximum Gasteiger partial charge on any atom is 0.0547 e. The van der Waals surface area contributed by atoms with Crippen LogP contribution in [0.1, 0.15) is 32.5 Å². The molecule has 13 heavy (non-hydrogen) atoms. The van der Waals surface area contributed by atoms with E-state index in [-0.39, 0.29) is 0 Å². The molecule has 0 bridgehead atoms. The average molecular weight is 181 g/mol. The highest BCUT2D eigenvalue weighted by atomic mass is 15.3. The van der Waals surface area contributed by atoms with Crippen molar-refractivity contribution in [1.82, 2.24) is 15.1 Å². The highest BCUT2D eigenvalue weighted by Crippen LogP contribution is 2.10. The van der Waals surface area contributed by atoms with Gasteiger partial charge in [-0.25, -0.2) is 0 Å². The van der Waals surface area contributed by atoms with Crippen molar-refractivity contribution in [2.24, 2.45) is 13.0 Å². The standard InChI is InChI=1S/C10H19N3/c1-8(2)7-11-9(3)10-5-6-12-13(10)4/h5-6,8-9,11H,7H2,1-4H3. The first-order valence-electron chi connectivity index (χ1n) is 4.82. The Balaban J connectivity index is 2.49. The summed E-state index contributed by atoms with van der Waals surface area (Å²) in [5.74, 6) is 0.690. The zero-order valence-corrected chi connectivity index (χ0v) is 8.91. The van der Waals surface area contributed by atoms with E-state index in [1.165, 1.54) is 5.69 Å². The summed E-state index contributed by atoms with van der Waals surface area (Å²) in [5.41, 5.74) is 1.24. The lowest BCUT2D eigenvalue weighted by Gasteiger charge is -2.15. The summed E-state index contributed by atoms with van der Waals surface area (Å²) in [7, 11) is 1.98. The van der Waals surface area contributed by atoms with Crippen molar-refractivity contribution < 1.29 is 0 Å². The molecule has 1 atom stereocenters. The molecule has 1 aromatic rings. The zero-order valence-electron chi connectivity index (χ0n) is 8.91. The number of nitrogens with zero attached hydrogens (tertiary/aromatic N) is 2. The Labute approximate surface area is 80.1 Å². The van der Waals surface area contributed by atoms with E-state index < -0.39 is 0 Å². The first kappa shape index (κ1) is 10.3. The molecule has 1 rings (SSSR count). The second-order valence-electron chi connectivity index (χ2n) is 3.90. The molecule has 0 saturated heterocycles. The molecule has 0 aliphatic heterocycles. The average Bonchev–Trinajstić information content (AvgIpc) is 2.47. The van der Waals surface area contributed by atoms with Gasteiger partial charge in [0.2, 0.25) is 0 Å². The molecule has 1 N–H and O–H groups in total. The SMILES string of the molecule is CC(C)CNC(C)c1ccnn1C. The maximum absolute atomic E-state index is 4.14. The van der Waals surface area contributed by atoms with Crippen molar-refractivity contribution in [3.8, 4) is 0 Å². The Morgan fingerprint density at radius 3 is 2.62 bits per heavy atom. The topological polar surface area (TPSA) is 29.9 Å². The summed E-state index contributed by atoms with van der Waals surface area (Å²) in [5, 5.41) is 7.61. The van der Waals surface area contributed by atoms with Gasteiger partial charge in [-0.15, -0.1) is 0 Å². The summed E-state index contributed by atoms with van der Waals surface area (Å²) in [6, 6.07) is 2.44. The Morgan fingerprint density at radius 1 is 1.46 bits per heavy atom. The predicted molar refractivity (Wildman–Crippen MR) is 54.5 cm³/mol. The van der Waals surface area contributed by atoms with Gasteiger partial charge in [0, 0.05) is 19.3 Å². The number of aromatic nitrogens is 2. The summed E-state index contributed by atoms with van der Waals surface area (Å²) >= 11 is 0. The molecule has 0 fully saturated rings. The number of hydrogen-bond donors (Lipinski definition) is 1. The van der Waals surface area contributed by atoms with E-state index in [4.69, 9.17) is 0 Å². The van der Waals surface area contributed by atoms with E-state index in [1.54, 1.807) is 0 Å². The van der Waals surface area contributed by atoms with Crippen LogP contribution in [-0.2, 0) is 7.05 Å². The normalized spacial score (nSPS) is 13.6. The third-order valence-corrected chi connectivity index (χ3v) is 2.13. The Kier molecular flexibility index (Phi) is 3.48. The third kappa shape index (κ3) is 2.84. The Bertz CT molecular complexity index is 252. The molecule has 0 radical (unpaired) electrons. The highest BCUT2D eigenvalue weighted by molar-refractivity contribution is 5.05. The quantitative estimate of drug-likeness (QED) is 0.766. The van der Waals surface area contributed by atoms with Gasteiger partial charge >= 0.3 is 0 Å². The largest absolute Gasteiger partial charge is 0.309 e. The minimum atomic E-state index is 0.384. The second-order valence-corrected chi connectivity index (χ2v) is 3.90. The van der Waals surface area contributed by atoms with Crippen LogP contribution in [0.4, 0.5) is 0 Å². The minimum absolute atomic E-state index is 0.384. The molecule has 3 heteroatoms. The van der Waals surface area contributed by atoms with Crippen molar-refractivity contribution in [2.45, 2.75) is 26.8 Å². The van der Waals surface area contributed by atoms with E-state index in [9.17, 15) is 0 Å². The number of aryl methyl sites for hydroxylation is 1. The van der Waals surface area contributed by atoms with Crippen LogP contribution >= 0.6 is 0 Å². The van der Waals surface area contributed by atoms with Crippen molar-refractivity contribution in [3.63, 3.8) is 0 Å². The van der Waals surface area contributed by atoms with Crippen LogP contribution in [0.25, 0.3) is 0 Å². The molecule has 1 heterocycles. The fraction of sp³-hybridized carbons (Fsp3) is 0.700. The van der Waals surface area contributed by atoms with Gasteiger partial charge in [0.05, 0.1) is 5.69 Å². The van der Waals surface area contributed by atoms with E-state index >= 15 is 0 Å². The molecule has 3 nitrogen and oxygen atoms in total. The molecule has 0 spiro atoms. The van der Waals surface area contributed by atoms with E-state index in [0.29, 0.717) is 12.0 Å². The lowest BCUT2D eigenvalue weighted by Crippen LogP contribution is -2.24. The van der Waals surface area contributed by atoms with Crippen molar-refractivity contribution >= 4 is 0 Å². The van der Waals surface area contributed by atoms with Gasteiger partial charge < -0.3 is 5.32 Å². The van der Waals surface area contributed by atoms with Crippen LogP contribution in [0.15, 0.2) is 12.3 Å². The molecule has 74 valence electrons. The maximum atomic E-state index is 4.14. The van der Waals surface area contributed by atoms with Crippen LogP contribution in [0, 0.1) is 5.92 Å². The van der Waals surface area contributed by atoms with E-state index in [2.05, 4.69) is 37.3 Å². The van der Waals surface area contributed by atoms with Crippen LogP contribution in [0.5, 0.6) is 0 Å². The highest BCUT2D eigenvalue weighted by Gasteiger charge is 2.08. The van der Waals surface area contributed by atoms with E-state index in [0.717, 1.165) is 6.54 Å². The van der Waals surface area contributed by atoms with Crippen LogP contribution < -0.4 is 5.32 Å². The van der Waals surface area contributed by atoms with Gasteiger partial charge in [-0.2, -0.15) is 5.10 Å². The van der Waals surface area contributed by atoms with Crippen molar-refractivity contribution in [2.75, 3.05) is 6.54 Å². The molecule has 0 aliphatic carbocycles. The van der Waals surface area contributed by atoms with Crippen LogP contribution in [-0.4, -0.2) is 16.3 Å². The molecule has 1 aromatic heterocycles. The summed E-state index contributed by atoms with van der Waals surface area (Å²) in [4.78, 5) is 0. The van der Waals surface area contributed by atoms with Gasteiger partial charge in [-0.05, 0) is 25.5 Å². The van der Waals surface area contributed by atoms with Crippen molar-refractivity contribution in [3.05, 3.63) is 18.0 Å². The summed E-state index contributed by atoms with van der Waals surface area (Å²) < 4.78 is 1.91. The molecule has 1 unspecified atom stereocenters. The second kappa shape index (κ2) is 4.42. The van der Waals surface area contributed by atoms with Gasteiger partial charge in [0.25, 0.3) is 0 Å². The first-order chi connectivity index (χ1) is 6.11. The zero-order chi connectivity index (χ0) is 9.84. The molecular formula is C10H19N3. The number of rotatable bonds is 4. The monoisotopic (exact) mass is 181 g/mol. The molecule has 0 saturated carbocycles. The number of nitrogens with one attached hydrogen (secondary N) is 1.